The van der Waals surface area contributed by atoms with Crippen LogP contribution in [0.4, 0.5) is 0 Å². The molecule has 1 atom stereocenters. The highest BCUT2D eigenvalue weighted by molar-refractivity contribution is 5.83. The van der Waals surface area contributed by atoms with Gasteiger partial charge in [0.15, 0.2) is 0 Å². The van der Waals surface area contributed by atoms with E-state index in [-0.39, 0.29) is 17.5 Å². The van der Waals surface area contributed by atoms with Crippen LogP contribution in [-0.4, -0.2) is 12.1 Å². The van der Waals surface area contributed by atoms with Gasteiger partial charge in [-0.3, -0.25) is 0 Å². The largest absolute Gasteiger partial charge is 0.459 e. The van der Waals surface area contributed by atoms with Gasteiger partial charge in [-0.15, -0.1) is 0 Å². The quantitative estimate of drug-likeness (QED) is 0.224. The van der Waals surface area contributed by atoms with Gasteiger partial charge in [0, 0.05) is 6.08 Å². The van der Waals surface area contributed by atoms with Crippen molar-refractivity contribution >= 4 is 5.97 Å². The van der Waals surface area contributed by atoms with Crippen molar-refractivity contribution < 1.29 is 9.53 Å². The molecule has 2 nitrogen and oxygen atoms in total. The Kier molecular flexibility index (Phi) is 10.4. The Morgan fingerprint density at radius 3 is 2.38 bits per heavy atom. The van der Waals surface area contributed by atoms with E-state index in [0.717, 1.165) is 18.4 Å². The molecule has 1 rings (SSSR count). The third kappa shape index (κ3) is 8.60. The average molecular weight is 399 g/mol. The van der Waals surface area contributed by atoms with Crippen molar-refractivity contribution in [1.82, 2.24) is 0 Å². The lowest BCUT2D eigenvalue weighted by Crippen LogP contribution is -2.22. The van der Waals surface area contributed by atoms with Crippen molar-refractivity contribution in [2.45, 2.75) is 93.6 Å². The Morgan fingerprint density at radius 1 is 1.14 bits per heavy atom. The lowest BCUT2D eigenvalue weighted by Gasteiger charge is -2.32. The van der Waals surface area contributed by atoms with Crippen molar-refractivity contribution in [3.8, 4) is 0 Å². The van der Waals surface area contributed by atoms with Gasteiger partial charge < -0.3 is 4.74 Å². The Hall–Kier alpha value is -1.83. The third-order valence-corrected chi connectivity index (χ3v) is 6.13. The van der Waals surface area contributed by atoms with Crippen molar-refractivity contribution in [3.05, 3.63) is 58.7 Å². The lowest BCUT2D eigenvalue weighted by molar-refractivity contribution is -0.144. The Morgan fingerprint density at radius 2 is 1.79 bits per heavy atom. The second-order valence-corrected chi connectivity index (χ2v) is 9.14. The molecule has 29 heavy (non-hydrogen) atoms. The molecule has 0 heterocycles. The first-order valence-electron chi connectivity index (χ1n) is 11.2. The third-order valence-electron chi connectivity index (χ3n) is 6.13. The highest BCUT2D eigenvalue weighted by atomic mass is 16.5. The van der Waals surface area contributed by atoms with E-state index in [1.54, 1.807) is 6.08 Å². The molecule has 1 aliphatic carbocycles. The maximum absolute atomic E-state index is 12.1. The molecule has 0 aromatic carbocycles. The Balaban J connectivity index is 2.69. The number of allylic oxidation sites excluding steroid dienone is 9. The topological polar surface area (TPSA) is 26.3 Å². The monoisotopic (exact) mass is 398 g/mol. The molecule has 2 heteroatoms. The van der Waals surface area contributed by atoms with Crippen LogP contribution in [0.1, 0.15) is 87.5 Å². The van der Waals surface area contributed by atoms with Gasteiger partial charge in [0.1, 0.15) is 6.10 Å². The molecule has 0 saturated carbocycles. The van der Waals surface area contributed by atoms with Crippen LogP contribution in [0.5, 0.6) is 0 Å². The smallest absolute Gasteiger partial charge is 0.331 e. The minimum absolute atomic E-state index is 0.0420. The fourth-order valence-corrected chi connectivity index (χ4v) is 4.13. The van der Waals surface area contributed by atoms with Crippen LogP contribution in [0.15, 0.2) is 58.7 Å². The molecule has 0 bridgehead atoms. The van der Waals surface area contributed by atoms with Crippen molar-refractivity contribution in [2.24, 2.45) is 11.3 Å². The van der Waals surface area contributed by atoms with Crippen LogP contribution >= 0.6 is 0 Å². The van der Waals surface area contributed by atoms with E-state index in [2.05, 4.69) is 59.8 Å². The predicted molar refractivity (Wildman–Crippen MR) is 126 cm³/mol. The van der Waals surface area contributed by atoms with Crippen LogP contribution in [0, 0.1) is 11.3 Å². The molecule has 0 amide bonds. The molecule has 1 aliphatic rings. The first-order chi connectivity index (χ1) is 13.6. The summed E-state index contributed by atoms with van der Waals surface area (Å²) in [6.07, 6.45) is 17.9. The number of hydrogen-bond acceptors (Lipinski definition) is 2. The highest BCUT2D eigenvalue weighted by Crippen LogP contribution is 2.40. The maximum Gasteiger partial charge on any atom is 0.331 e. The summed E-state index contributed by atoms with van der Waals surface area (Å²) < 4.78 is 5.55. The van der Waals surface area contributed by atoms with Crippen LogP contribution in [0.2, 0.25) is 0 Å². The second kappa shape index (κ2) is 12.0. The average Bonchev–Trinajstić information content (AvgIpc) is 2.61. The Bertz CT molecular complexity index is 694. The number of carbonyl (C=O) groups is 1. The highest BCUT2D eigenvalue weighted by Gasteiger charge is 2.26. The molecule has 0 fully saturated rings. The van der Waals surface area contributed by atoms with E-state index < -0.39 is 0 Å². The molecule has 0 spiro atoms. The Labute approximate surface area is 179 Å². The van der Waals surface area contributed by atoms with Gasteiger partial charge >= 0.3 is 5.97 Å². The summed E-state index contributed by atoms with van der Waals surface area (Å²) in [4.78, 5) is 12.1. The molecular weight excluding hydrogens is 356 g/mol. The van der Waals surface area contributed by atoms with E-state index in [1.807, 2.05) is 26.0 Å². The number of hydrogen-bond donors (Lipinski definition) is 0. The molecule has 0 radical (unpaired) electrons. The van der Waals surface area contributed by atoms with Gasteiger partial charge in [0.05, 0.1) is 0 Å². The van der Waals surface area contributed by atoms with E-state index in [9.17, 15) is 4.79 Å². The number of esters is 1. The number of carbonyl (C=O) groups excluding carboxylic acids is 1. The first kappa shape index (κ1) is 25.2. The van der Waals surface area contributed by atoms with Gasteiger partial charge in [-0.05, 0) is 82.3 Å². The molecule has 1 unspecified atom stereocenters. The van der Waals surface area contributed by atoms with Gasteiger partial charge in [-0.1, -0.05) is 69.2 Å². The fraction of sp³-hybridized carbons (Fsp3) is 0.593. The molecule has 0 aliphatic heterocycles. The van der Waals surface area contributed by atoms with Crippen molar-refractivity contribution in [1.29, 1.82) is 0 Å². The summed E-state index contributed by atoms with van der Waals surface area (Å²) >= 11 is 0. The van der Waals surface area contributed by atoms with E-state index in [4.69, 9.17) is 4.74 Å². The van der Waals surface area contributed by atoms with Gasteiger partial charge in [0.2, 0.25) is 0 Å². The SMILES string of the molecule is CCC(CC)C(C)OC(=O)/C=C(C)/C=C/C=C(C)/C=C/C1=C(C)CCCC1(C)C. The molecular formula is C27H42O2. The standard InChI is InChI=1S/C27H42O2/c1-9-24(10-2)23(6)29-26(28)19-21(4)14-11-13-20(3)16-17-25-22(5)15-12-18-27(25,7)8/h11,13-14,16-17,19,23-24H,9-10,12,15,18H2,1-8H3/b14-11+,17-16+,20-13+,21-19+. The summed E-state index contributed by atoms with van der Waals surface area (Å²) in [5.41, 5.74) is 5.35. The summed E-state index contributed by atoms with van der Waals surface area (Å²) in [5, 5.41) is 0. The normalized spacial score (nSPS) is 19.5. The fourth-order valence-electron chi connectivity index (χ4n) is 4.13. The van der Waals surface area contributed by atoms with Crippen molar-refractivity contribution in [2.75, 3.05) is 0 Å². The second-order valence-electron chi connectivity index (χ2n) is 9.14. The van der Waals surface area contributed by atoms with Crippen LogP contribution in [0.3, 0.4) is 0 Å². The van der Waals surface area contributed by atoms with Crippen LogP contribution < -0.4 is 0 Å². The van der Waals surface area contributed by atoms with Crippen LogP contribution in [-0.2, 0) is 9.53 Å². The summed E-state index contributed by atoms with van der Waals surface area (Å²) in [6.45, 7) is 17.2. The van der Waals surface area contributed by atoms with E-state index >= 15 is 0 Å². The lowest BCUT2D eigenvalue weighted by atomic mass is 9.72. The molecule has 0 aromatic rings. The zero-order chi connectivity index (χ0) is 22.0. The van der Waals surface area contributed by atoms with Gasteiger partial charge in [0.25, 0.3) is 0 Å². The molecule has 0 saturated heterocycles. The molecule has 0 N–H and O–H groups in total. The van der Waals surface area contributed by atoms with Crippen LogP contribution in [0.25, 0.3) is 0 Å². The minimum atomic E-state index is -0.255. The van der Waals surface area contributed by atoms with Gasteiger partial charge in [-0.2, -0.15) is 0 Å². The molecule has 162 valence electrons. The maximum atomic E-state index is 12.1. The van der Waals surface area contributed by atoms with Crippen molar-refractivity contribution in [3.63, 3.8) is 0 Å². The molecule has 0 aromatic heterocycles. The number of rotatable bonds is 9. The zero-order valence-corrected chi connectivity index (χ0v) is 20.0. The number of ether oxygens (including phenoxy) is 1. The van der Waals surface area contributed by atoms with E-state index in [1.165, 1.54) is 36.0 Å². The summed E-state index contributed by atoms with van der Waals surface area (Å²) in [7, 11) is 0. The zero-order valence-electron chi connectivity index (χ0n) is 20.0. The summed E-state index contributed by atoms with van der Waals surface area (Å²) in [6, 6.07) is 0. The minimum Gasteiger partial charge on any atom is -0.459 e. The first-order valence-corrected chi connectivity index (χ1v) is 11.2. The summed E-state index contributed by atoms with van der Waals surface area (Å²) in [5.74, 6) is 0.169. The van der Waals surface area contributed by atoms with Gasteiger partial charge in [-0.25, -0.2) is 4.79 Å². The predicted octanol–water partition coefficient (Wildman–Crippen LogP) is 7.89. The van der Waals surface area contributed by atoms with E-state index in [0.29, 0.717) is 5.92 Å².